The summed E-state index contributed by atoms with van der Waals surface area (Å²) >= 11 is 0. The highest BCUT2D eigenvalue weighted by Gasteiger charge is 2.20. The van der Waals surface area contributed by atoms with E-state index in [2.05, 4.69) is 10.2 Å². The van der Waals surface area contributed by atoms with E-state index in [1.165, 1.54) is 24.3 Å². The average Bonchev–Trinajstić information content (AvgIpc) is 2.62. The Morgan fingerprint density at radius 3 is 2.52 bits per heavy atom. The van der Waals surface area contributed by atoms with Crippen molar-refractivity contribution in [2.75, 3.05) is 25.5 Å². The zero-order valence-corrected chi connectivity index (χ0v) is 15.5. The molecule has 1 aliphatic rings. The Hall–Kier alpha value is -2.25. The summed E-state index contributed by atoms with van der Waals surface area (Å²) < 4.78 is 46.8. The predicted molar refractivity (Wildman–Crippen MR) is 99.1 cm³/mol. The number of hydrogen-bond donors (Lipinski definition) is 1. The lowest BCUT2D eigenvalue weighted by molar-refractivity contribution is 0.102. The maximum Gasteiger partial charge on any atom is 0.258 e. The van der Waals surface area contributed by atoms with Gasteiger partial charge in [0, 0.05) is 19.2 Å². The summed E-state index contributed by atoms with van der Waals surface area (Å²) in [6.45, 7) is 1.82. The predicted octanol–water partition coefficient (Wildman–Crippen LogP) is 4.25. The first kappa shape index (κ1) is 21.1. The van der Waals surface area contributed by atoms with Gasteiger partial charge in [-0.1, -0.05) is 6.07 Å². The Balaban J connectivity index is 0.00000261. The van der Waals surface area contributed by atoms with Crippen LogP contribution in [0.3, 0.4) is 0 Å². The monoisotopic (exact) mass is 400 g/mol. The molecular weight excluding hydrogens is 381 g/mol. The number of nitrogens with one attached hydrogen (secondary N) is 1. The molecule has 1 saturated heterocycles. The number of piperidine rings is 1. The van der Waals surface area contributed by atoms with Crippen molar-refractivity contribution in [3.8, 4) is 5.75 Å². The first-order valence-corrected chi connectivity index (χ1v) is 8.34. The number of halogens is 4. The van der Waals surface area contributed by atoms with E-state index in [0.717, 1.165) is 38.1 Å². The Morgan fingerprint density at radius 2 is 1.81 bits per heavy atom. The first-order valence-electron chi connectivity index (χ1n) is 8.34. The Labute approximate surface area is 161 Å². The van der Waals surface area contributed by atoms with Crippen molar-refractivity contribution in [2.24, 2.45) is 0 Å². The van der Waals surface area contributed by atoms with Crippen LogP contribution in [-0.2, 0) is 0 Å². The van der Waals surface area contributed by atoms with Crippen LogP contribution in [0.4, 0.5) is 18.9 Å². The van der Waals surface area contributed by atoms with Gasteiger partial charge in [-0.05, 0) is 44.2 Å². The van der Waals surface area contributed by atoms with Gasteiger partial charge in [0.25, 0.3) is 5.91 Å². The number of benzene rings is 2. The molecule has 2 aromatic carbocycles. The SMILES string of the molecule is CN1CCC(Oc2ccc(F)c(NC(=O)c3cccc(F)c3F)c2)CC1.Cl. The van der Waals surface area contributed by atoms with Gasteiger partial charge in [-0.25, -0.2) is 13.2 Å². The smallest absolute Gasteiger partial charge is 0.258 e. The minimum absolute atomic E-state index is 0. The number of anilines is 1. The van der Waals surface area contributed by atoms with Gasteiger partial charge in [0.1, 0.15) is 17.7 Å². The number of carbonyl (C=O) groups excluding carboxylic acids is 1. The number of likely N-dealkylation sites (tertiary alicyclic amines) is 1. The molecule has 1 fully saturated rings. The van der Waals surface area contributed by atoms with Crippen LogP contribution in [0.1, 0.15) is 23.2 Å². The van der Waals surface area contributed by atoms with Crippen LogP contribution in [0.25, 0.3) is 0 Å². The number of rotatable bonds is 4. The molecule has 146 valence electrons. The van der Waals surface area contributed by atoms with Crippen LogP contribution >= 0.6 is 12.4 Å². The van der Waals surface area contributed by atoms with E-state index >= 15 is 0 Å². The molecule has 8 heteroatoms. The fourth-order valence-corrected chi connectivity index (χ4v) is 2.84. The maximum absolute atomic E-state index is 14.0. The van der Waals surface area contributed by atoms with E-state index < -0.39 is 28.9 Å². The molecule has 1 N–H and O–H groups in total. The van der Waals surface area contributed by atoms with Crippen LogP contribution in [0.2, 0.25) is 0 Å². The number of amides is 1. The van der Waals surface area contributed by atoms with Gasteiger partial charge in [0.2, 0.25) is 0 Å². The Bertz CT molecular complexity index is 812. The Kier molecular flexibility index (Phi) is 7.10. The van der Waals surface area contributed by atoms with Crippen molar-refractivity contribution in [1.82, 2.24) is 4.90 Å². The number of nitrogens with zero attached hydrogens (tertiary/aromatic N) is 1. The van der Waals surface area contributed by atoms with E-state index in [0.29, 0.717) is 5.75 Å². The topological polar surface area (TPSA) is 41.6 Å². The molecule has 1 aliphatic heterocycles. The third kappa shape index (κ3) is 5.14. The lowest BCUT2D eigenvalue weighted by Gasteiger charge is -2.29. The molecule has 3 rings (SSSR count). The second-order valence-corrected chi connectivity index (χ2v) is 6.32. The zero-order valence-electron chi connectivity index (χ0n) is 14.7. The largest absolute Gasteiger partial charge is 0.490 e. The average molecular weight is 401 g/mol. The van der Waals surface area contributed by atoms with Gasteiger partial charge >= 0.3 is 0 Å². The molecule has 4 nitrogen and oxygen atoms in total. The second kappa shape index (κ2) is 9.10. The molecule has 27 heavy (non-hydrogen) atoms. The van der Waals surface area contributed by atoms with Crippen molar-refractivity contribution >= 4 is 24.0 Å². The van der Waals surface area contributed by atoms with Crippen molar-refractivity contribution in [2.45, 2.75) is 18.9 Å². The van der Waals surface area contributed by atoms with Crippen molar-refractivity contribution in [3.63, 3.8) is 0 Å². The fourth-order valence-electron chi connectivity index (χ4n) is 2.84. The highest BCUT2D eigenvalue weighted by Crippen LogP contribution is 2.25. The molecule has 1 heterocycles. The van der Waals surface area contributed by atoms with Gasteiger partial charge in [0.15, 0.2) is 11.6 Å². The quantitative estimate of drug-likeness (QED) is 0.834. The van der Waals surface area contributed by atoms with Crippen molar-refractivity contribution in [3.05, 3.63) is 59.4 Å². The van der Waals surface area contributed by atoms with Crippen LogP contribution in [0.15, 0.2) is 36.4 Å². The molecule has 0 saturated carbocycles. The van der Waals surface area contributed by atoms with E-state index in [1.54, 1.807) is 0 Å². The third-order valence-corrected chi connectivity index (χ3v) is 4.35. The molecule has 0 spiro atoms. The number of carbonyl (C=O) groups is 1. The lowest BCUT2D eigenvalue weighted by Crippen LogP contribution is -2.35. The van der Waals surface area contributed by atoms with Crippen molar-refractivity contribution in [1.29, 1.82) is 0 Å². The minimum Gasteiger partial charge on any atom is -0.490 e. The summed E-state index contributed by atoms with van der Waals surface area (Å²) in [5, 5.41) is 2.27. The van der Waals surface area contributed by atoms with E-state index in [1.807, 2.05) is 7.05 Å². The first-order chi connectivity index (χ1) is 12.4. The van der Waals surface area contributed by atoms with Gasteiger partial charge in [0.05, 0.1) is 11.3 Å². The number of hydrogen-bond acceptors (Lipinski definition) is 3. The van der Waals surface area contributed by atoms with Gasteiger partial charge in [-0.3, -0.25) is 4.79 Å². The minimum atomic E-state index is -1.27. The van der Waals surface area contributed by atoms with E-state index in [-0.39, 0.29) is 24.2 Å². The van der Waals surface area contributed by atoms with E-state index in [9.17, 15) is 18.0 Å². The second-order valence-electron chi connectivity index (χ2n) is 6.32. The molecule has 0 aliphatic carbocycles. The highest BCUT2D eigenvalue weighted by molar-refractivity contribution is 6.04. The zero-order chi connectivity index (χ0) is 18.7. The normalized spacial score (nSPS) is 15.1. The number of ether oxygens (including phenoxy) is 1. The van der Waals surface area contributed by atoms with Crippen LogP contribution in [-0.4, -0.2) is 37.0 Å². The fraction of sp³-hybridized carbons (Fsp3) is 0.316. The highest BCUT2D eigenvalue weighted by atomic mass is 35.5. The molecular formula is C19H20ClF3N2O2. The Morgan fingerprint density at radius 1 is 1.11 bits per heavy atom. The van der Waals surface area contributed by atoms with Crippen LogP contribution in [0.5, 0.6) is 5.75 Å². The molecule has 0 unspecified atom stereocenters. The van der Waals surface area contributed by atoms with E-state index in [4.69, 9.17) is 4.74 Å². The summed E-state index contributed by atoms with van der Waals surface area (Å²) in [4.78, 5) is 14.3. The van der Waals surface area contributed by atoms with Gasteiger partial charge < -0.3 is 15.0 Å². The molecule has 0 atom stereocenters. The summed E-state index contributed by atoms with van der Waals surface area (Å²) in [7, 11) is 2.04. The summed E-state index contributed by atoms with van der Waals surface area (Å²) in [5.41, 5.74) is -0.643. The summed E-state index contributed by atoms with van der Waals surface area (Å²) in [5.74, 6) is -3.62. The third-order valence-electron chi connectivity index (χ3n) is 4.35. The van der Waals surface area contributed by atoms with Gasteiger partial charge in [-0.15, -0.1) is 12.4 Å². The van der Waals surface area contributed by atoms with Gasteiger partial charge in [-0.2, -0.15) is 0 Å². The molecule has 0 aromatic heterocycles. The van der Waals surface area contributed by atoms with Crippen LogP contribution < -0.4 is 10.1 Å². The summed E-state index contributed by atoms with van der Waals surface area (Å²) in [6, 6.07) is 7.24. The lowest BCUT2D eigenvalue weighted by atomic mass is 10.1. The maximum atomic E-state index is 14.0. The molecule has 0 radical (unpaired) electrons. The molecule has 1 amide bonds. The standard InChI is InChI=1S/C19H19F3N2O2.ClH/c1-24-9-7-12(8-10-24)26-13-5-6-15(20)17(11-13)23-19(25)14-3-2-4-16(21)18(14)22;/h2-6,11-12H,7-10H2,1H3,(H,23,25);1H. The summed E-state index contributed by atoms with van der Waals surface area (Å²) in [6.07, 6.45) is 1.72. The van der Waals surface area contributed by atoms with Crippen molar-refractivity contribution < 1.29 is 22.7 Å². The van der Waals surface area contributed by atoms with Crippen LogP contribution in [0, 0.1) is 17.5 Å². The molecule has 0 bridgehead atoms. The molecule has 2 aromatic rings.